The van der Waals surface area contributed by atoms with Gasteiger partial charge in [-0.25, -0.2) is 0 Å². The molecule has 1 aromatic heterocycles. The number of hydrogen-bond acceptors (Lipinski definition) is 2. The van der Waals surface area contributed by atoms with Crippen LogP contribution in [-0.2, 0) is 11.7 Å². The highest BCUT2D eigenvalue weighted by molar-refractivity contribution is 7.10. The van der Waals surface area contributed by atoms with Crippen molar-refractivity contribution in [3.63, 3.8) is 0 Å². The molecule has 0 aliphatic heterocycles. The van der Waals surface area contributed by atoms with Crippen molar-refractivity contribution in [2.75, 3.05) is 0 Å². The summed E-state index contributed by atoms with van der Waals surface area (Å²) in [5.74, 6) is 0. The normalized spacial score (nSPS) is 12.3. The lowest BCUT2D eigenvalue weighted by molar-refractivity contribution is -0.134. The molecule has 2 N–H and O–H groups in total. The number of hydrogen-bond donors (Lipinski definition) is 1. The molecule has 0 saturated heterocycles. The van der Waals surface area contributed by atoms with E-state index < -0.39 is 16.6 Å². The molecule has 1 nitrogen and oxygen atoms in total. The molecule has 0 fully saturated rings. The minimum Gasteiger partial charge on any atom is -0.314 e. The van der Waals surface area contributed by atoms with Crippen molar-refractivity contribution in [2.24, 2.45) is 5.73 Å². The Morgan fingerprint density at radius 1 is 0.739 bits per heavy atom. The zero-order chi connectivity index (χ0) is 16.5. The van der Waals surface area contributed by atoms with Crippen LogP contribution in [0.4, 0.5) is 13.2 Å². The van der Waals surface area contributed by atoms with Crippen LogP contribution in [0.3, 0.4) is 0 Å². The number of benzene rings is 2. The molecule has 0 spiro atoms. The summed E-state index contributed by atoms with van der Waals surface area (Å²) < 4.78 is 38.9. The first-order valence-electron chi connectivity index (χ1n) is 6.98. The van der Waals surface area contributed by atoms with E-state index in [1.807, 2.05) is 60.7 Å². The van der Waals surface area contributed by atoms with Crippen LogP contribution in [0.15, 0.2) is 72.1 Å². The van der Waals surface area contributed by atoms with Crippen molar-refractivity contribution in [1.82, 2.24) is 0 Å². The van der Waals surface area contributed by atoms with Gasteiger partial charge in [-0.15, -0.1) is 11.3 Å². The molecule has 0 unspecified atom stereocenters. The smallest absolute Gasteiger partial charge is 0.314 e. The summed E-state index contributed by atoms with van der Waals surface area (Å²) in [7, 11) is 0. The predicted octanol–water partition coefficient (Wildman–Crippen LogP) is 5.02. The lowest BCUT2D eigenvalue weighted by atomic mass is 9.79. The molecule has 3 aromatic rings. The number of rotatable bonds is 3. The van der Waals surface area contributed by atoms with E-state index in [-0.39, 0.29) is 0 Å². The van der Waals surface area contributed by atoms with Crippen LogP contribution in [0, 0.1) is 0 Å². The van der Waals surface area contributed by atoms with E-state index >= 15 is 0 Å². The number of halogens is 3. The van der Waals surface area contributed by atoms with E-state index in [0.29, 0.717) is 16.9 Å². The number of alkyl halides is 3. The molecule has 0 saturated carbocycles. The highest BCUT2D eigenvalue weighted by atomic mass is 32.1. The monoisotopic (exact) mass is 333 g/mol. The Morgan fingerprint density at radius 2 is 1.22 bits per heavy atom. The van der Waals surface area contributed by atoms with Crippen LogP contribution >= 0.6 is 11.3 Å². The molecular formula is C18H14F3NS. The molecule has 0 bridgehead atoms. The maximum absolute atomic E-state index is 13.0. The topological polar surface area (TPSA) is 26.0 Å². The molecule has 3 rings (SSSR count). The molecule has 0 atom stereocenters. The molecule has 1 heterocycles. The third kappa shape index (κ3) is 2.90. The van der Waals surface area contributed by atoms with Gasteiger partial charge in [0.15, 0.2) is 0 Å². The maximum atomic E-state index is 13.0. The van der Waals surface area contributed by atoms with E-state index in [1.54, 1.807) is 0 Å². The molecule has 0 aliphatic rings. The molecular weight excluding hydrogens is 319 g/mol. The summed E-state index contributed by atoms with van der Waals surface area (Å²) in [6.07, 6.45) is -4.36. The zero-order valence-corrected chi connectivity index (χ0v) is 12.9. The Hall–Kier alpha value is -2.11. The Morgan fingerprint density at radius 3 is 1.61 bits per heavy atom. The predicted molar refractivity (Wildman–Crippen MR) is 86.3 cm³/mol. The highest BCUT2D eigenvalue weighted by Crippen LogP contribution is 2.40. The van der Waals surface area contributed by atoms with Crippen molar-refractivity contribution in [3.05, 3.63) is 93.7 Å². The van der Waals surface area contributed by atoms with Crippen LogP contribution in [0.2, 0.25) is 0 Å². The average molecular weight is 333 g/mol. The molecule has 0 amide bonds. The molecule has 0 aliphatic carbocycles. The second-order valence-electron chi connectivity index (χ2n) is 5.24. The summed E-state index contributed by atoms with van der Waals surface area (Å²) in [5.41, 5.74) is 7.47. The van der Waals surface area contributed by atoms with Crippen LogP contribution < -0.4 is 5.73 Å². The van der Waals surface area contributed by atoms with E-state index in [0.717, 1.165) is 17.2 Å². The second-order valence-corrected chi connectivity index (χ2v) is 6.15. The molecule has 5 heteroatoms. The molecule has 2 aromatic carbocycles. The van der Waals surface area contributed by atoms with Gasteiger partial charge in [0.2, 0.25) is 0 Å². The second kappa shape index (κ2) is 5.83. The van der Waals surface area contributed by atoms with E-state index in [9.17, 15) is 13.2 Å². The Labute approximate surface area is 136 Å². The number of thiophene rings is 1. The van der Waals surface area contributed by atoms with Crippen LogP contribution in [0.25, 0.3) is 0 Å². The van der Waals surface area contributed by atoms with Crippen molar-refractivity contribution >= 4 is 11.3 Å². The molecule has 0 radical (unpaired) electrons. The Bertz CT molecular complexity index is 739. The highest BCUT2D eigenvalue weighted by Gasteiger charge is 2.37. The Kier molecular flexibility index (Phi) is 4.00. The maximum Gasteiger partial charge on any atom is 0.425 e. The first kappa shape index (κ1) is 15.8. The SMILES string of the molecule is NC(c1ccccc1)(c1ccccc1)c1csc(C(F)(F)F)c1. The summed E-state index contributed by atoms with van der Waals surface area (Å²) in [5, 5.41) is 1.49. The fraction of sp³-hybridized carbons (Fsp3) is 0.111. The van der Waals surface area contributed by atoms with Crippen molar-refractivity contribution in [3.8, 4) is 0 Å². The van der Waals surface area contributed by atoms with Gasteiger partial charge in [0, 0.05) is 0 Å². The Balaban J connectivity index is 2.19. The van der Waals surface area contributed by atoms with Gasteiger partial charge in [-0.05, 0) is 28.1 Å². The van der Waals surface area contributed by atoms with Gasteiger partial charge in [0.1, 0.15) is 4.88 Å². The van der Waals surface area contributed by atoms with Gasteiger partial charge in [0.05, 0.1) is 5.54 Å². The summed E-state index contributed by atoms with van der Waals surface area (Å²) in [6.45, 7) is 0. The zero-order valence-electron chi connectivity index (χ0n) is 12.0. The van der Waals surface area contributed by atoms with Gasteiger partial charge in [0.25, 0.3) is 0 Å². The average Bonchev–Trinajstić information content (AvgIpc) is 3.06. The fourth-order valence-electron chi connectivity index (χ4n) is 2.59. The third-order valence-electron chi connectivity index (χ3n) is 3.79. The van der Waals surface area contributed by atoms with Gasteiger partial charge in [-0.1, -0.05) is 60.7 Å². The lowest BCUT2D eigenvalue weighted by Gasteiger charge is -2.30. The van der Waals surface area contributed by atoms with Crippen molar-refractivity contribution < 1.29 is 13.2 Å². The lowest BCUT2D eigenvalue weighted by Crippen LogP contribution is -2.38. The standard InChI is InChI=1S/C18H14F3NS/c19-18(20,21)16-11-15(12-23-16)17(22,13-7-3-1-4-8-13)14-9-5-2-6-10-14/h1-12H,22H2. The summed E-state index contributed by atoms with van der Waals surface area (Å²) in [4.78, 5) is -0.644. The quantitative estimate of drug-likeness (QED) is 0.716. The minimum atomic E-state index is -4.36. The summed E-state index contributed by atoms with van der Waals surface area (Å²) >= 11 is 0.668. The van der Waals surface area contributed by atoms with E-state index in [2.05, 4.69) is 0 Å². The van der Waals surface area contributed by atoms with Gasteiger partial charge in [-0.3, -0.25) is 0 Å². The first-order valence-corrected chi connectivity index (χ1v) is 7.86. The van der Waals surface area contributed by atoms with E-state index in [1.165, 1.54) is 5.38 Å². The fourth-order valence-corrected chi connectivity index (χ4v) is 3.43. The van der Waals surface area contributed by atoms with Crippen molar-refractivity contribution in [1.29, 1.82) is 0 Å². The molecule has 23 heavy (non-hydrogen) atoms. The van der Waals surface area contributed by atoms with Crippen LogP contribution in [0.5, 0.6) is 0 Å². The van der Waals surface area contributed by atoms with Crippen LogP contribution in [0.1, 0.15) is 21.6 Å². The van der Waals surface area contributed by atoms with E-state index in [4.69, 9.17) is 5.73 Å². The first-order chi connectivity index (χ1) is 10.9. The number of nitrogens with two attached hydrogens (primary N) is 1. The third-order valence-corrected chi connectivity index (χ3v) is 4.77. The van der Waals surface area contributed by atoms with Crippen molar-refractivity contribution in [2.45, 2.75) is 11.7 Å². The van der Waals surface area contributed by atoms with Gasteiger partial charge in [-0.2, -0.15) is 13.2 Å². The largest absolute Gasteiger partial charge is 0.425 e. The van der Waals surface area contributed by atoms with Gasteiger partial charge >= 0.3 is 6.18 Å². The van der Waals surface area contributed by atoms with Crippen LogP contribution in [-0.4, -0.2) is 0 Å². The molecule has 118 valence electrons. The minimum absolute atomic E-state index is 0.437. The van der Waals surface area contributed by atoms with Gasteiger partial charge < -0.3 is 5.73 Å². The summed E-state index contributed by atoms with van der Waals surface area (Å²) in [6, 6.07) is 19.5.